The molecule has 0 heterocycles. The van der Waals surface area contributed by atoms with Crippen LogP contribution in [0.5, 0.6) is 11.5 Å². The van der Waals surface area contributed by atoms with Crippen LogP contribution in [0.4, 0.5) is 4.39 Å². The molecule has 0 amide bonds. The van der Waals surface area contributed by atoms with Crippen LogP contribution in [-0.4, -0.2) is 5.11 Å². The van der Waals surface area contributed by atoms with Gasteiger partial charge in [0.2, 0.25) is 0 Å². The Morgan fingerprint density at radius 3 is 2.72 bits per heavy atom. The second-order valence-corrected chi connectivity index (χ2v) is 4.89. The molecule has 18 heavy (non-hydrogen) atoms. The first-order chi connectivity index (χ1) is 8.61. The van der Waals surface area contributed by atoms with Crippen molar-refractivity contribution in [3.05, 3.63) is 57.3 Å². The molecule has 0 spiro atoms. The summed E-state index contributed by atoms with van der Waals surface area (Å²) in [4.78, 5) is 0. The maximum Gasteiger partial charge on any atom is 0.184 e. The lowest BCUT2D eigenvalue weighted by Crippen LogP contribution is -1.94. The Morgan fingerprint density at radius 2 is 2.00 bits per heavy atom. The van der Waals surface area contributed by atoms with E-state index in [1.807, 2.05) is 0 Å². The minimum absolute atomic E-state index is 0.00448. The molecule has 0 saturated heterocycles. The zero-order chi connectivity index (χ0) is 13.1. The van der Waals surface area contributed by atoms with Gasteiger partial charge in [-0.15, -0.1) is 0 Å². The molecule has 0 aliphatic carbocycles. The number of hydrogen-bond donors (Lipinski definition) is 1. The predicted octanol–water partition coefficient (Wildman–Crippen LogP) is 4.53. The Hall–Kier alpha value is -1.10. The van der Waals surface area contributed by atoms with E-state index in [2.05, 4.69) is 15.9 Å². The summed E-state index contributed by atoms with van der Waals surface area (Å²) in [6.45, 7) is -0.197. The van der Waals surface area contributed by atoms with Crippen molar-refractivity contribution in [1.29, 1.82) is 0 Å². The largest absolute Gasteiger partial charge is 0.454 e. The van der Waals surface area contributed by atoms with E-state index in [0.29, 0.717) is 11.3 Å². The number of benzene rings is 2. The van der Waals surface area contributed by atoms with Gasteiger partial charge in [-0.2, -0.15) is 0 Å². The molecule has 2 aromatic rings. The number of ether oxygens (including phenoxy) is 1. The predicted molar refractivity (Wildman–Crippen MR) is 71.5 cm³/mol. The molecule has 0 aliphatic rings. The van der Waals surface area contributed by atoms with E-state index in [4.69, 9.17) is 16.3 Å². The van der Waals surface area contributed by atoms with Crippen molar-refractivity contribution in [3.8, 4) is 11.5 Å². The summed E-state index contributed by atoms with van der Waals surface area (Å²) in [5.41, 5.74) is 0.559. The third-order valence-electron chi connectivity index (χ3n) is 2.33. The fourth-order valence-corrected chi connectivity index (χ4v) is 2.03. The number of aliphatic hydroxyl groups is 1. The molecule has 94 valence electrons. The van der Waals surface area contributed by atoms with Crippen molar-refractivity contribution in [2.24, 2.45) is 0 Å². The summed E-state index contributed by atoms with van der Waals surface area (Å²) in [5, 5.41) is 9.22. The van der Waals surface area contributed by atoms with Crippen LogP contribution in [-0.2, 0) is 6.61 Å². The Labute approximate surface area is 117 Å². The van der Waals surface area contributed by atoms with Gasteiger partial charge in [-0.1, -0.05) is 33.6 Å². The Bertz CT molecular complexity index is 575. The number of rotatable bonds is 3. The van der Waals surface area contributed by atoms with E-state index in [1.165, 1.54) is 12.1 Å². The number of aliphatic hydroxyl groups excluding tert-OH is 1. The van der Waals surface area contributed by atoms with Gasteiger partial charge < -0.3 is 9.84 Å². The second-order valence-electron chi connectivity index (χ2n) is 3.56. The Balaban J connectivity index is 2.37. The zero-order valence-corrected chi connectivity index (χ0v) is 11.5. The molecule has 0 atom stereocenters. The summed E-state index contributed by atoms with van der Waals surface area (Å²) in [6.07, 6.45) is 0. The van der Waals surface area contributed by atoms with Crippen LogP contribution < -0.4 is 4.74 Å². The monoisotopic (exact) mass is 330 g/mol. The maximum absolute atomic E-state index is 13.7. The Morgan fingerprint density at radius 1 is 1.22 bits per heavy atom. The van der Waals surface area contributed by atoms with Crippen LogP contribution in [0.3, 0.4) is 0 Å². The number of hydrogen-bond acceptors (Lipinski definition) is 2. The Kier molecular flexibility index (Phi) is 4.22. The summed E-state index contributed by atoms with van der Waals surface area (Å²) in [6, 6.07) is 9.62. The van der Waals surface area contributed by atoms with Gasteiger partial charge in [0.05, 0.1) is 11.6 Å². The zero-order valence-electron chi connectivity index (χ0n) is 9.16. The van der Waals surface area contributed by atoms with E-state index in [-0.39, 0.29) is 17.4 Å². The van der Waals surface area contributed by atoms with E-state index >= 15 is 0 Å². The highest BCUT2D eigenvalue weighted by Gasteiger charge is 2.11. The van der Waals surface area contributed by atoms with Crippen molar-refractivity contribution >= 4 is 27.5 Å². The SMILES string of the molecule is OCc1cc(Br)ccc1Oc1cccc(Cl)c1F. The first-order valence-corrected chi connectivity index (χ1v) is 6.30. The van der Waals surface area contributed by atoms with Gasteiger partial charge in [0.25, 0.3) is 0 Å². The maximum atomic E-state index is 13.7. The average molecular weight is 332 g/mol. The molecular formula is C13H9BrClFO2. The van der Waals surface area contributed by atoms with Crippen molar-refractivity contribution in [3.63, 3.8) is 0 Å². The molecule has 0 aliphatic heterocycles. The lowest BCUT2D eigenvalue weighted by molar-refractivity contribution is 0.276. The molecular weight excluding hydrogens is 322 g/mol. The first-order valence-electron chi connectivity index (χ1n) is 5.13. The topological polar surface area (TPSA) is 29.5 Å². The highest BCUT2D eigenvalue weighted by molar-refractivity contribution is 9.10. The summed E-state index contributed by atoms with van der Waals surface area (Å²) in [5.74, 6) is -0.202. The third kappa shape index (κ3) is 2.83. The normalized spacial score (nSPS) is 10.4. The van der Waals surface area contributed by atoms with E-state index in [0.717, 1.165) is 4.47 Å². The van der Waals surface area contributed by atoms with Gasteiger partial charge in [0, 0.05) is 10.0 Å². The van der Waals surface area contributed by atoms with Gasteiger partial charge in [-0.25, -0.2) is 4.39 Å². The molecule has 0 bridgehead atoms. The van der Waals surface area contributed by atoms with Crippen molar-refractivity contribution in [2.45, 2.75) is 6.61 Å². The number of halogens is 3. The molecule has 2 aromatic carbocycles. The lowest BCUT2D eigenvalue weighted by atomic mass is 10.2. The summed E-state index contributed by atoms with van der Waals surface area (Å²) < 4.78 is 19.9. The molecule has 0 aromatic heterocycles. The summed E-state index contributed by atoms with van der Waals surface area (Å²) in [7, 11) is 0. The van der Waals surface area contributed by atoms with Gasteiger partial charge in [-0.3, -0.25) is 0 Å². The van der Waals surface area contributed by atoms with Gasteiger partial charge >= 0.3 is 0 Å². The highest BCUT2D eigenvalue weighted by Crippen LogP contribution is 2.31. The minimum atomic E-state index is -0.619. The fraction of sp³-hybridized carbons (Fsp3) is 0.0769. The summed E-state index contributed by atoms with van der Waals surface area (Å²) >= 11 is 8.95. The van der Waals surface area contributed by atoms with Crippen LogP contribution in [0.15, 0.2) is 40.9 Å². The first kappa shape index (κ1) is 13.3. The van der Waals surface area contributed by atoms with E-state index in [1.54, 1.807) is 24.3 Å². The molecule has 2 rings (SSSR count). The molecule has 5 heteroatoms. The van der Waals surface area contributed by atoms with Gasteiger partial charge in [-0.05, 0) is 30.3 Å². The second kappa shape index (κ2) is 5.69. The molecule has 2 nitrogen and oxygen atoms in total. The van der Waals surface area contributed by atoms with E-state index < -0.39 is 5.82 Å². The molecule has 1 N–H and O–H groups in total. The van der Waals surface area contributed by atoms with Crippen LogP contribution in [0.2, 0.25) is 5.02 Å². The van der Waals surface area contributed by atoms with Crippen LogP contribution >= 0.6 is 27.5 Å². The van der Waals surface area contributed by atoms with Crippen LogP contribution in [0.25, 0.3) is 0 Å². The standard InChI is InChI=1S/C13H9BrClFO2/c14-9-4-5-11(8(6-9)7-17)18-12-3-1-2-10(15)13(12)16/h1-6,17H,7H2. The molecule has 0 saturated carbocycles. The molecule has 0 radical (unpaired) electrons. The average Bonchev–Trinajstić information content (AvgIpc) is 2.37. The smallest absolute Gasteiger partial charge is 0.184 e. The van der Waals surface area contributed by atoms with Crippen molar-refractivity contribution in [1.82, 2.24) is 0 Å². The van der Waals surface area contributed by atoms with Crippen LogP contribution in [0.1, 0.15) is 5.56 Å². The molecule has 0 fully saturated rings. The molecule has 0 unspecified atom stereocenters. The van der Waals surface area contributed by atoms with E-state index in [9.17, 15) is 9.50 Å². The quantitative estimate of drug-likeness (QED) is 0.895. The highest BCUT2D eigenvalue weighted by atomic mass is 79.9. The fourth-order valence-electron chi connectivity index (χ4n) is 1.45. The van der Waals surface area contributed by atoms with Gasteiger partial charge in [0.15, 0.2) is 11.6 Å². The minimum Gasteiger partial charge on any atom is -0.454 e. The van der Waals surface area contributed by atoms with Crippen LogP contribution in [0, 0.1) is 5.82 Å². The van der Waals surface area contributed by atoms with Crippen molar-refractivity contribution in [2.75, 3.05) is 0 Å². The lowest BCUT2D eigenvalue weighted by Gasteiger charge is -2.11. The van der Waals surface area contributed by atoms with Gasteiger partial charge in [0.1, 0.15) is 5.75 Å². The van der Waals surface area contributed by atoms with Crippen molar-refractivity contribution < 1.29 is 14.2 Å². The third-order valence-corrected chi connectivity index (χ3v) is 3.11.